The summed E-state index contributed by atoms with van der Waals surface area (Å²) in [5.41, 5.74) is 0.772. The van der Waals surface area contributed by atoms with E-state index < -0.39 is 16.0 Å². The molecule has 2 aromatic rings. The smallest absolute Gasteiger partial charge is 0.338 e. The van der Waals surface area contributed by atoms with Gasteiger partial charge in [-0.3, -0.25) is 0 Å². The maximum Gasteiger partial charge on any atom is 0.338 e. The molecule has 0 spiro atoms. The monoisotopic (exact) mass is 447 g/mol. The summed E-state index contributed by atoms with van der Waals surface area (Å²) in [6.45, 7) is 0.877. The molecule has 144 valence electrons. The first-order valence-corrected chi connectivity index (χ1v) is 10.8. The van der Waals surface area contributed by atoms with E-state index in [1.54, 1.807) is 18.2 Å². The summed E-state index contributed by atoms with van der Waals surface area (Å²) in [5.74, 6) is -0.657. The minimum atomic E-state index is -3.74. The lowest BCUT2D eigenvalue weighted by molar-refractivity contribution is 0.0472. The summed E-state index contributed by atoms with van der Waals surface area (Å²) in [7, 11) is -3.74. The molecule has 0 saturated carbocycles. The SMILES string of the molecule is O=C(OCc1ccc(Cl)c(Cl)c1)c1ccc(Cl)c(S(=O)(=O)N2CCCC2)c1. The molecule has 9 heteroatoms. The fourth-order valence-electron chi connectivity index (χ4n) is 2.76. The van der Waals surface area contributed by atoms with Crippen LogP contribution in [0, 0.1) is 0 Å². The Labute approximate surface area is 172 Å². The molecule has 0 aliphatic carbocycles. The van der Waals surface area contributed by atoms with Crippen molar-refractivity contribution in [2.75, 3.05) is 13.1 Å². The van der Waals surface area contributed by atoms with Gasteiger partial charge >= 0.3 is 5.97 Å². The summed E-state index contributed by atoms with van der Waals surface area (Å²) in [4.78, 5) is 12.3. The van der Waals surface area contributed by atoms with Crippen molar-refractivity contribution in [3.63, 3.8) is 0 Å². The van der Waals surface area contributed by atoms with E-state index in [-0.39, 0.29) is 22.1 Å². The van der Waals surface area contributed by atoms with Crippen molar-refractivity contribution in [3.05, 3.63) is 62.6 Å². The zero-order valence-corrected chi connectivity index (χ0v) is 17.2. The largest absolute Gasteiger partial charge is 0.457 e. The molecule has 27 heavy (non-hydrogen) atoms. The van der Waals surface area contributed by atoms with E-state index in [9.17, 15) is 13.2 Å². The number of sulfonamides is 1. The molecular weight excluding hydrogens is 433 g/mol. The van der Waals surface area contributed by atoms with Crippen molar-refractivity contribution in [2.24, 2.45) is 0 Å². The molecule has 1 fully saturated rings. The molecule has 1 aliphatic rings. The van der Waals surface area contributed by atoms with Gasteiger partial charge in [-0.1, -0.05) is 40.9 Å². The summed E-state index contributed by atoms with van der Waals surface area (Å²) in [5, 5.41) is 0.833. The van der Waals surface area contributed by atoms with Crippen molar-refractivity contribution in [3.8, 4) is 0 Å². The minimum absolute atomic E-state index is 0.0213. The average Bonchev–Trinajstić information content (AvgIpc) is 3.18. The number of nitrogens with zero attached hydrogens (tertiary/aromatic N) is 1. The van der Waals surface area contributed by atoms with E-state index in [2.05, 4.69) is 0 Å². The summed E-state index contributed by atoms with van der Waals surface area (Å²) in [6, 6.07) is 8.97. The maximum absolute atomic E-state index is 12.7. The molecule has 2 aromatic carbocycles. The molecule has 0 N–H and O–H groups in total. The second-order valence-electron chi connectivity index (χ2n) is 6.08. The highest BCUT2D eigenvalue weighted by atomic mass is 35.5. The van der Waals surface area contributed by atoms with Crippen LogP contribution in [-0.4, -0.2) is 31.8 Å². The average molecular weight is 449 g/mol. The molecule has 0 unspecified atom stereocenters. The van der Waals surface area contributed by atoms with Gasteiger partial charge < -0.3 is 4.74 Å². The molecular formula is C18H16Cl3NO4S. The molecule has 0 aromatic heterocycles. The third-order valence-electron chi connectivity index (χ3n) is 4.20. The first-order valence-electron chi connectivity index (χ1n) is 8.20. The van der Waals surface area contributed by atoms with Crippen LogP contribution in [0.5, 0.6) is 0 Å². The van der Waals surface area contributed by atoms with Crippen LogP contribution in [0.3, 0.4) is 0 Å². The molecule has 1 heterocycles. The first kappa shape index (κ1) is 20.4. The lowest BCUT2D eigenvalue weighted by atomic mass is 10.2. The van der Waals surface area contributed by atoms with Gasteiger partial charge in [-0.15, -0.1) is 0 Å². The Morgan fingerprint density at radius 2 is 1.63 bits per heavy atom. The Kier molecular flexibility index (Phi) is 6.33. The zero-order chi connectivity index (χ0) is 19.6. The number of carbonyl (C=O) groups is 1. The van der Waals surface area contributed by atoms with Crippen molar-refractivity contribution in [1.29, 1.82) is 0 Å². The predicted molar refractivity (Wildman–Crippen MR) is 105 cm³/mol. The van der Waals surface area contributed by atoms with Gasteiger partial charge in [-0.25, -0.2) is 13.2 Å². The lowest BCUT2D eigenvalue weighted by Crippen LogP contribution is -2.28. The van der Waals surface area contributed by atoms with Crippen LogP contribution >= 0.6 is 34.8 Å². The number of ether oxygens (including phenoxy) is 1. The first-order chi connectivity index (χ1) is 12.8. The second kappa shape index (κ2) is 8.37. The van der Waals surface area contributed by atoms with Gasteiger partial charge in [-0.05, 0) is 48.7 Å². The standard InChI is InChI=1S/C18H16Cl3NO4S/c19-14-5-3-12(9-16(14)21)11-26-18(23)13-4-6-15(20)17(10-13)27(24,25)22-7-1-2-8-22/h3-6,9-10H,1-2,7-8,11H2. The van der Waals surface area contributed by atoms with Crippen LogP contribution in [-0.2, 0) is 21.4 Å². The van der Waals surface area contributed by atoms with E-state index >= 15 is 0 Å². The number of hydrogen-bond donors (Lipinski definition) is 0. The Morgan fingerprint density at radius 1 is 0.963 bits per heavy atom. The van der Waals surface area contributed by atoms with Crippen LogP contribution in [0.4, 0.5) is 0 Å². The van der Waals surface area contributed by atoms with E-state index in [4.69, 9.17) is 39.5 Å². The third kappa shape index (κ3) is 4.58. The molecule has 3 rings (SSSR count). The number of rotatable bonds is 5. The van der Waals surface area contributed by atoms with E-state index in [0.29, 0.717) is 28.7 Å². The number of halogens is 3. The molecule has 0 atom stereocenters. The van der Waals surface area contributed by atoms with Gasteiger partial charge in [0.15, 0.2) is 0 Å². The zero-order valence-electron chi connectivity index (χ0n) is 14.1. The van der Waals surface area contributed by atoms with Crippen molar-refractivity contribution in [2.45, 2.75) is 24.3 Å². The van der Waals surface area contributed by atoms with Gasteiger partial charge in [0.05, 0.1) is 20.6 Å². The minimum Gasteiger partial charge on any atom is -0.457 e. The fraction of sp³-hybridized carbons (Fsp3) is 0.278. The fourth-order valence-corrected chi connectivity index (χ4v) is 5.10. The second-order valence-corrected chi connectivity index (χ2v) is 9.21. The quantitative estimate of drug-likeness (QED) is 0.617. The van der Waals surface area contributed by atoms with E-state index in [0.717, 1.165) is 12.8 Å². The van der Waals surface area contributed by atoms with Gasteiger partial charge in [0.1, 0.15) is 11.5 Å². The van der Waals surface area contributed by atoms with Crippen molar-refractivity contribution in [1.82, 2.24) is 4.31 Å². The number of benzene rings is 2. The lowest BCUT2D eigenvalue weighted by Gasteiger charge is -2.17. The summed E-state index contributed by atoms with van der Waals surface area (Å²) in [6.07, 6.45) is 1.62. The van der Waals surface area contributed by atoms with Gasteiger partial charge in [0.2, 0.25) is 10.0 Å². The predicted octanol–water partition coefficient (Wildman–Crippen LogP) is 4.79. The number of hydrogen-bond acceptors (Lipinski definition) is 4. The van der Waals surface area contributed by atoms with Gasteiger partial charge in [0, 0.05) is 13.1 Å². The molecule has 5 nitrogen and oxygen atoms in total. The van der Waals surface area contributed by atoms with Gasteiger partial charge in [-0.2, -0.15) is 4.31 Å². The van der Waals surface area contributed by atoms with E-state index in [1.807, 2.05) is 0 Å². The normalized spacial score (nSPS) is 15.1. The van der Waals surface area contributed by atoms with E-state index in [1.165, 1.54) is 22.5 Å². The van der Waals surface area contributed by atoms with Crippen molar-refractivity contribution < 1.29 is 17.9 Å². The maximum atomic E-state index is 12.7. The van der Waals surface area contributed by atoms with Crippen molar-refractivity contribution >= 4 is 50.8 Å². The highest BCUT2D eigenvalue weighted by Gasteiger charge is 2.30. The summed E-state index contributed by atoms with van der Waals surface area (Å²) >= 11 is 17.9. The van der Waals surface area contributed by atoms with Crippen LogP contribution in [0.25, 0.3) is 0 Å². The Bertz CT molecular complexity index is 973. The highest BCUT2D eigenvalue weighted by Crippen LogP contribution is 2.28. The molecule has 0 radical (unpaired) electrons. The molecule has 0 bridgehead atoms. The Balaban J connectivity index is 1.78. The number of carbonyl (C=O) groups excluding carboxylic acids is 1. The third-order valence-corrected chi connectivity index (χ3v) is 7.32. The highest BCUT2D eigenvalue weighted by molar-refractivity contribution is 7.89. The topological polar surface area (TPSA) is 63.7 Å². The number of esters is 1. The molecule has 0 amide bonds. The van der Waals surface area contributed by atoms with Crippen LogP contribution in [0.2, 0.25) is 15.1 Å². The molecule has 1 saturated heterocycles. The Morgan fingerprint density at radius 3 is 2.30 bits per heavy atom. The van der Waals surface area contributed by atoms with Crippen LogP contribution < -0.4 is 0 Å². The van der Waals surface area contributed by atoms with Gasteiger partial charge in [0.25, 0.3) is 0 Å². The Hall–Kier alpha value is -1.31. The van der Waals surface area contributed by atoms with Crippen LogP contribution in [0.1, 0.15) is 28.8 Å². The van der Waals surface area contributed by atoms with Crippen LogP contribution in [0.15, 0.2) is 41.3 Å². The molecule has 1 aliphatic heterocycles. The summed E-state index contributed by atoms with van der Waals surface area (Å²) < 4.78 is 32.1.